The van der Waals surface area contributed by atoms with E-state index in [-0.39, 0.29) is 37.4 Å². The van der Waals surface area contributed by atoms with Crippen LogP contribution in [0.4, 0.5) is 11.6 Å². The van der Waals surface area contributed by atoms with Gasteiger partial charge in [0.15, 0.2) is 5.82 Å². The number of nitrogens with one attached hydrogen (secondary N) is 1. The van der Waals surface area contributed by atoms with Crippen LogP contribution in [0.3, 0.4) is 0 Å². The Bertz CT molecular complexity index is 951. The van der Waals surface area contributed by atoms with Crippen LogP contribution in [0.25, 0.3) is 0 Å². The molecule has 2 aromatic rings. The van der Waals surface area contributed by atoms with E-state index in [0.29, 0.717) is 43.9 Å². The SMILES string of the molecule is C.COc1ccc([C@H](CCO)NC(=O)C2(N)CCN(c3ncnc(N)c3C#N)CC2)cc1. The van der Waals surface area contributed by atoms with Crippen molar-refractivity contribution < 1.29 is 14.6 Å². The lowest BCUT2D eigenvalue weighted by molar-refractivity contribution is -0.128. The van der Waals surface area contributed by atoms with Crippen molar-refractivity contribution >= 4 is 17.5 Å². The van der Waals surface area contributed by atoms with E-state index in [1.165, 1.54) is 6.33 Å². The van der Waals surface area contributed by atoms with Crippen LogP contribution in [0.15, 0.2) is 30.6 Å². The molecule has 1 aliphatic heterocycles. The molecule has 10 heteroatoms. The third-order valence-electron chi connectivity index (χ3n) is 5.62. The summed E-state index contributed by atoms with van der Waals surface area (Å²) in [5, 5.41) is 21.8. The van der Waals surface area contributed by atoms with Crippen molar-refractivity contribution in [3.05, 3.63) is 41.7 Å². The molecule has 172 valence electrons. The molecule has 0 saturated carbocycles. The Morgan fingerprint density at radius 1 is 1.34 bits per heavy atom. The van der Waals surface area contributed by atoms with Gasteiger partial charge < -0.3 is 31.5 Å². The zero-order chi connectivity index (χ0) is 22.4. The number of hydrogen-bond donors (Lipinski definition) is 4. The summed E-state index contributed by atoms with van der Waals surface area (Å²) in [7, 11) is 1.59. The summed E-state index contributed by atoms with van der Waals surface area (Å²) >= 11 is 0. The molecule has 0 aliphatic carbocycles. The van der Waals surface area contributed by atoms with E-state index in [4.69, 9.17) is 16.2 Å². The first-order valence-electron chi connectivity index (χ1n) is 10.0. The number of ether oxygens (including phenoxy) is 1. The van der Waals surface area contributed by atoms with E-state index in [1.807, 2.05) is 35.2 Å². The average molecular weight is 442 g/mol. The van der Waals surface area contributed by atoms with Crippen molar-refractivity contribution in [1.29, 1.82) is 5.26 Å². The van der Waals surface area contributed by atoms with Crippen molar-refractivity contribution in [2.45, 2.75) is 38.3 Å². The summed E-state index contributed by atoms with van der Waals surface area (Å²) in [6, 6.07) is 9.00. The Labute approximate surface area is 188 Å². The van der Waals surface area contributed by atoms with Crippen LogP contribution in [-0.2, 0) is 4.79 Å². The minimum Gasteiger partial charge on any atom is -0.497 e. The first kappa shape index (κ1) is 24.8. The van der Waals surface area contributed by atoms with Crippen LogP contribution in [0.2, 0.25) is 0 Å². The van der Waals surface area contributed by atoms with Gasteiger partial charge in [0.1, 0.15) is 29.5 Å². The van der Waals surface area contributed by atoms with Gasteiger partial charge in [0.05, 0.1) is 18.7 Å². The van der Waals surface area contributed by atoms with Crippen molar-refractivity contribution in [2.24, 2.45) is 5.73 Å². The molecule has 1 atom stereocenters. The highest BCUT2D eigenvalue weighted by Crippen LogP contribution is 2.28. The highest BCUT2D eigenvalue weighted by Gasteiger charge is 2.39. The molecule has 1 aromatic carbocycles. The minimum atomic E-state index is -1.07. The monoisotopic (exact) mass is 441 g/mol. The molecule has 6 N–H and O–H groups in total. The minimum absolute atomic E-state index is 0. The van der Waals surface area contributed by atoms with E-state index < -0.39 is 5.54 Å². The number of aromatic nitrogens is 2. The van der Waals surface area contributed by atoms with Gasteiger partial charge in [-0.2, -0.15) is 5.26 Å². The zero-order valence-corrected chi connectivity index (χ0v) is 17.4. The molecular formula is C22H31N7O3. The molecule has 0 unspecified atom stereocenters. The van der Waals surface area contributed by atoms with Crippen LogP contribution >= 0.6 is 0 Å². The van der Waals surface area contributed by atoms with Gasteiger partial charge in [0.2, 0.25) is 5.91 Å². The van der Waals surface area contributed by atoms with E-state index in [1.54, 1.807) is 7.11 Å². The molecule has 1 aromatic heterocycles. The molecule has 1 saturated heterocycles. The Morgan fingerprint density at radius 3 is 2.56 bits per heavy atom. The van der Waals surface area contributed by atoms with Gasteiger partial charge >= 0.3 is 0 Å². The highest BCUT2D eigenvalue weighted by molar-refractivity contribution is 5.87. The van der Waals surface area contributed by atoms with Crippen molar-refractivity contribution in [3.8, 4) is 11.8 Å². The van der Waals surface area contributed by atoms with Gasteiger partial charge in [0, 0.05) is 19.7 Å². The smallest absolute Gasteiger partial charge is 0.240 e. The van der Waals surface area contributed by atoms with E-state index in [9.17, 15) is 15.2 Å². The van der Waals surface area contributed by atoms with E-state index >= 15 is 0 Å². The molecule has 0 bridgehead atoms. The number of anilines is 2. The fraction of sp³-hybridized carbons (Fsp3) is 0.455. The Balaban J connectivity index is 0.00000363. The number of benzene rings is 1. The second-order valence-corrected chi connectivity index (χ2v) is 7.52. The fourth-order valence-electron chi connectivity index (χ4n) is 3.67. The number of carbonyl (C=O) groups excluding carboxylic acids is 1. The summed E-state index contributed by atoms with van der Waals surface area (Å²) in [5.74, 6) is 1.02. The van der Waals surface area contributed by atoms with E-state index in [0.717, 1.165) is 5.56 Å². The normalized spacial score (nSPS) is 15.8. The van der Waals surface area contributed by atoms with Crippen LogP contribution in [-0.4, -0.2) is 53.3 Å². The molecule has 1 amide bonds. The third kappa shape index (κ3) is 5.25. The topological polar surface area (TPSA) is 163 Å². The fourth-order valence-corrected chi connectivity index (χ4v) is 3.67. The first-order valence-corrected chi connectivity index (χ1v) is 10.0. The quantitative estimate of drug-likeness (QED) is 0.493. The number of rotatable bonds is 7. The molecule has 32 heavy (non-hydrogen) atoms. The van der Waals surface area contributed by atoms with Crippen molar-refractivity contribution in [1.82, 2.24) is 15.3 Å². The lowest BCUT2D eigenvalue weighted by Crippen LogP contribution is -2.60. The number of nitrogens with zero attached hydrogens (tertiary/aromatic N) is 4. The maximum atomic E-state index is 13.1. The number of piperidine rings is 1. The molecule has 1 fully saturated rings. The largest absolute Gasteiger partial charge is 0.497 e. The number of aliphatic hydroxyl groups is 1. The summed E-state index contributed by atoms with van der Waals surface area (Å²) < 4.78 is 5.17. The van der Waals surface area contributed by atoms with Gasteiger partial charge in [0.25, 0.3) is 0 Å². The number of carbonyl (C=O) groups is 1. The summed E-state index contributed by atoms with van der Waals surface area (Å²) in [6.07, 6.45) is 2.44. The predicted octanol–water partition coefficient (Wildman–Crippen LogP) is 1.11. The summed E-state index contributed by atoms with van der Waals surface area (Å²) in [6.45, 7) is 0.818. The van der Waals surface area contributed by atoms with Crippen molar-refractivity contribution in [2.75, 3.05) is 37.4 Å². The van der Waals surface area contributed by atoms with Crippen LogP contribution in [0.5, 0.6) is 5.75 Å². The molecule has 1 aliphatic rings. The molecule has 2 heterocycles. The Kier molecular flexibility index (Phi) is 8.34. The second kappa shape index (κ2) is 10.7. The van der Waals surface area contributed by atoms with Gasteiger partial charge in [-0.3, -0.25) is 4.79 Å². The number of amides is 1. The number of aliphatic hydroxyl groups excluding tert-OH is 1. The molecule has 0 radical (unpaired) electrons. The van der Waals surface area contributed by atoms with Gasteiger partial charge in [-0.25, -0.2) is 9.97 Å². The zero-order valence-electron chi connectivity index (χ0n) is 17.4. The van der Waals surface area contributed by atoms with Crippen molar-refractivity contribution in [3.63, 3.8) is 0 Å². The van der Waals surface area contributed by atoms with Gasteiger partial charge in [-0.05, 0) is 37.0 Å². The Morgan fingerprint density at radius 2 is 2.00 bits per heavy atom. The number of nitriles is 1. The second-order valence-electron chi connectivity index (χ2n) is 7.52. The Hall–Kier alpha value is -3.42. The summed E-state index contributed by atoms with van der Waals surface area (Å²) in [5.41, 5.74) is 12.3. The lowest BCUT2D eigenvalue weighted by atomic mass is 9.86. The van der Waals surface area contributed by atoms with Crippen LogP contribution < -0.4 is 26.4 Å². The molecule has 3 rings (SSSR count). The average Bonchev–Trinajstić information content (AvgIpc) is 2.79. The standard InChI is InChI=1S/C21H27N7O3.CH4/c1-31-15-4-2-14(3-5-15)17(6-11-29)27-20(30)21(24)7-9-28(10-8-21)19-16(12-22)18(23)25-13-26-19;/h2-5,13,17,29H,6-11,24H2,1H3,(H,27,30)(H2,23,25,26);1H4/t17-;/m0./s1. The number of nitrogens with two attached hydrogens (primary N) is 2. The van der Waals surface area contributed by atoms with Crippen LogP contribution in [0, 0.1) is 11.3 Å². The predicted molar refractivity (Wildman–Crippen MR) is 122 cm³/mol. The maximum Gasteiger partial charge on any atom is 0.240 e. The van der Waals surface area contributed by atoms with Gasteiger partial charge in [-0.15, -0.1) is 0 Å². The van der Waals surface area contributed by atoms with Gasteiger partial charge in [-0.1, -0.05) is 19.6 Å². The number of methoxy groups -OCH3 is 1. The third-order valence-corrected chi connectivity index (χ3v) is 5.62. The molecule has 10 nitrogen and oxygen atoms in total. The highest BCUT2D eigenvalue weighted by atomic mass is 16.5. The molecular weight excluding hydrogens is 410 g/mol. The lowest BCUT2D eigenvalue weighted by Gasteiger charge is -2.39. The van der Waals surface area contributed by atoms with Crippen LogP contribution in [0.1, 0.15) is 43.9 Å². The number of hydrogen-bond acceptors (Lipinski definition) is 9. The summed E-state index contributed by atoms with van der Waals surface area (Å²) in [4.78, 5) is 23.0. The number of nitrogen functional groups attached to an aromatic ring is 1. The first-order chi connectivity index (χ1) is 14.9. The maximum absolute atomic E-state index is 13.1. The molecule has 0 spiro atoms. The van der Waals surface area contributed by atoms with E-state index in [2.05, 4.69) is 15.3 Å².